The van der Waals surface area contributed by atoms with Crippen molar-refractivity contribution in [1.82, 2.24) is 20.2 Å². The molecule has 32 heavy (non-hydrogen) atoms. The lowest BCUT2D eigenvalue weighted by molar-refractivity contribution is -0.137. The predicted octanol–water partition coefficient (Wildman–Crippen LogP) is 3.13. The van der Waals surface area contributed by atoms with Crippen LogP contribution in [0.5, 0.6) is 0 Å². The maximum absolute atomic E-state index is 12.9. The number of benzene rings is 1. The fourth-order valence-electron chi connectivity index (χ4n) is 3.36. The average molecular weight is 450 g/mol. The number of aromatic nitrogens is 2. The van der Waals surface area contributed by atoms with E-state index in [0.717, 1.165) is 25.0 Å². The molecule has 2 aromatic rings. The molecule has 7 nitrogen and oxygen atoms in total. The van der Waals surface area contributed by atoms with Crippen LogP contribution in [0.1, 0.15) is 46.6 Å². The summed E-state index contributed by atoms with van der Waals surface area (Å²) < 4.78 is 44.1. The zero-order chi connectivity index (χ0) is 23.1. The predicted molar refractivity (Wildman–Crippen MR) is 110 cm³/mol. The molecule has 0 bridgehead atoms. The van der Waals surface area contributed by atoms with Gasteiger partial charge in [0.15, 0.2) is 0 Å². The van der Waals surface area contributed by atoms with Crippen molar-refractivity contribution in [3.8, 4) is 0 Å². The second-order valence-electron chi connectivity index (χ2n) is 7.65. The summed E-state index contributed by atoms with van der Waals surface area (Å²) in [6, 6.07) is 4.80. The largest absolute Gasteiger partial charge is 0.416 e. The summed E-state index contributed by atoms with van der Waals surface area (Å²) >= 11 is 0. The van der Waals surface area contributed by atoms with Crippen LogP contribution in [-0.2, 0) is 22.3 Å². The Morgan fingerprint density at radius 1 is 1.25 bits per heavy atom. The SMILES string of the molecule is Cc1cnc(C(=O)N(CCC(=O)NCc2cccc(C(F)(F)F)c2)CC2CCCO2)cn1. The molecule has 0 saturated carbocycles. The highest BCUT2D eigenvalue weighted by Gasteiger charge is 2.30. The average Bonchev–Trinajstić information content (AvgIpc) is 3.28. The maximum atomic E-state index is 12.9. The smallest absolute Gasteiger partial charge is 0.376 e. The quantitative estimate of drug-likeness (QED) is 0.668. The number of hydrogen-bond donors (Lipinski definition) is 1. The summed E-state index contributed by atoms with van der Waals surface area (Å²) in [6.45, 7) is 2.82. The van der Waals surface area contributed by atoms with E-state index in [0.29, 0.717) is 24.4 Å². The molecule has 10 heteroatoms. The molecule has 0 spiro atoms. The minimum absolute atomic E-state index is 0.00326. The van der Waals surface area contributed by atoms with Gasteiger partial charge in [-0.1, -0.05) is 12.1 Å². The zero-order valence-corrected chi connectivity index (χ0v) is 17.7. The van der Waals surface area contributed by atoms with Crippen LogP contribution >= 0.6 is 0 Å². The van der Waals surface area contributed by atoms with E-state index in [1.807, 2.05) is 0 Å². The van der Waals surface area contributed by atoms with Crippen LogP contribution < -0.4 is 5.32 Å². The third-order valence-corrected chi connectivity index (χ3v) is 5.09. The molecular weight excluding hydrogens is 425 g/mol. The van der Waals surface area contributed by atoms with Crippen molar-refractivity contribution in [3.05, 3.63) is 59.2 Å². The van der Waals surface area contributed by atoms with Gasteiger partial charge in [0.05, 0.1) is 23.6 Å². The summed E-state index contributed by atoms with van der Waals surface area (Å²) in [4.78, 5) is 34.9. The van der Waals surface area contributed by atoms with Crippen molar-refractivity contribution >= 4 is 11.8 Å². The third-order valence-electron chi connectivity index (χ3n) is 5.09. The lowest BCUT2D eigenvalue weighted by Gasteiger charge is -2.25. The van der Waals surface area contributed by atoms with Crippen molar-refractivity contribution in [2.75, 3.05) is 19.7 Å². The van der Waals surface area contributed by atoms with Gasteiger partial charge in [-0.3, -0.25) is 14.6 Å². The van der Waals surface area contributed by atoms with Gasteiger partial charge in [-0.15, -0.1) is 0 Å². The van der Waals surface area contributed by atoms with Crippen LogP contribution in [0.2, 0.25) is 0 Å². The van der Waals surface area contributed by atoms with Crippen molar-refractivity contribution in [2.45, 2.75) is 45.0 Å². The highest BCUT2D eigenvalue weighted by atomic mass is 19.4. The number of aryl methyl sites for hydroxylation is 1. The summed E-state index contributed by atoms with van der Waals surface area (Å²) in [7, 11) is 0. The number of alkyl halides is 3. The molecule has 2 amide bonds. The van der Waals surface area contributed by atoms with Gasteiger partial charge < -0.3 is 15.0 Å². The Kier molecular flexibility index (Phi) is 7.79. The van der Waals surface area contributed by atoms with Gasteiger partial charge >= 0.3 is 6.18 Å². The van der Waals surface area contributed by atoms with Crippen molar-refractivity contribution < 1.29 is 27.5 Å². The molecule has 1 aromatic heterocycles. The van der Waals surface area contributed by atoms with Crippen LogP contribution in [0.15, 0.2) is 36.7 Å². The maximum Gasteiger partial charge on any atom is 0.416 e. The van der Waals surface area contributed by atoms with Crippen LogP contribution in [0.4, 0.5) is 13.2 Å². The second kappa shape index (κ2) is 10.5. The Morgan fingerprint density at radius 3 is 2.72 bits per heavy atom. The minimum atomic E-state index is -4.44. The van der Waals surface area contributed by atoms with E-state index in [1.165, 1.54) is 29.4 Å². The molecule has 172 valence electrons. The first kappa shape index (κ1) is 23.6. The number of rotatable bonds is 8. The van der Waals surface area contributed by atoms with Gasteiger partial charge in [0.1, 0.15) is 5.69 Å². The zero-order valence-electron chi connectivity index (χ0n) is 17.7. The van der Waals surface area contributed by atoms with E-state index in [-0.39, 0.29) is 43.1 Å². The molecule has 1 N–H and O–H groups in total. The molecule has 2 heterocycles. The van der Waals surface area contributed by atoms with E-state index in [1.54, 1.807) is 6.92 Å². The fraction of sp³-hybridized carbons (Fsp3) is 0.455. The van der Waals surface area contributed by atoms with Gasteiger partial charge in [-0.2, -0.15) is 13.2 Å². The molecule has 0 radical (unpaired) electrons. The molecule has 1 atom stereocenters. The van der Waals surface area contributed by atoms with Crippen molar-refractivity contribution in [2.24, 2.45) is 0 Å². The monoisotopic (exact) mass is 450 g/mol. The van der Waals surface area contributed by atoms with E-state index in [4.69, 9.17) is 4.74 Å². The number of hydrogen-bond acceptors (Lipinski definition) is 5. The Hall–Kier alpha value is -3.01. The number of carbonyl (C=O) groups excluding carboxylic acids is 2. The van der Waals surface area contributed by atoms with Gasteiger partial charge in [-0.05, 0) is 37.5 Å². The number of ether oxygens (including phenoxy) is 1. The van der Waals surface area contributed by atoms with Gasteiger partial charge in [-0.25, -0.2) is 4.98 Å². The topological polar surface area (TPSA) is 84.4 Å². The first-order valence-corrected chi connectivity index (χ1v) is 10.3. The first-order valence-electron chi connectivity index (χ1n) is 10.3. The van der Waals surface area contributed by atoms with E-state index < -0.39 is 11.7 Å². The molecule has 1 aromatic carbocycles. The van der Waals surface area contributed by atoms with Gasteiger partial charge in [0, 0.05) is 38.9 Å². The standard InChI is InChI=1S/C22H25F3N4O3/c1-15-11-27-19(13-26-15)21(31)29(14-18-6-3-9-32-18)8-7-20(30)28-12-16-4-2-5-17(10-16)22(23,24)25/h2,4-5,10-11,13,18H,3,6-9,12,14H2,1H3,(H,28,30). The number of nitrogens with zero attached hydrogens (tertiary/aromatic N) is 3. The molecule has 1 saturated heterocycles. The lowest BCUT2D eigenvalue weighted by Crippen LogP contribution is -2.40. The van der Waals surface area contributed by atoms with Crippen molar-refractivity contribution in [1.29, 1.82) is 0 Å². The second-order valence-corrected chi connectivity index (χ2v) is 7.65. The highest BCUT2D eigenvalue weighted by molar-refractivity contribution is 5.92. The summed E-state index contributed by atoms with van der Waals surface area (Å²) in [5, 5.41) is 2.61. The van der Waals surface area contributed by atoms with Crippen LogP contribution in [0.25, 0.3) is 0 Å². The first-order chi connectivity index (χ1) is 15.2. The highest BCUT2D eigenvalue weighted by Crippen LogP contribution is 2.29. The van der Waals surface area contributed by atoms with Crippen LogP contribution in [0, 0.1) is 6.92 Å². The van der Waals surface area contributed by atoms with Gasteiger partial charge in [0.25, 0.3) is 5.91 Å². The molecule has 1 aliphatic heterocycles. The Balaban J connectivity index is 1.58. The van der Waals surface area contributed by atoms with E-state index in [2.05, 4.69) is 15.3 Å². The number of halogens is 3. The molecule has 0 aliphatic carbocycles. The normalized spacial score (nSPS) is 16.1. The minimum Gasteiger partial charge on any atom is -0.376 e. The Bertz CT molecular complexity index is 929. The Labute approximate surface area is 184 Å². The molecule has 1 fully saturated rings. The molecule has 1 unspecified atom stereocenters. The third kappa shape index (κ3) is 6.74. The Morgan fingerprint density at radius 2 is 2.06 bits per heavy atom. The van der Waals surface area contributed by atoms with E-state index >= 15 is 0 Å². The summed E-state index contributed by atoms with van der Waals surface area (Å²) in [6.07, 6.45) is 0.0800. The van der Waals surface area contributed by atoms with Crippen LogP contribution in [-0.4, -0.2) is 52.5 Å². The fourth-order valence-corrected chi connectivity index (χ4v) is 3.36. The number of nitrogens with one attached hydrogen (secondary N) is 1. The summed E-state index contributed by atoms with van der Waals surface area (Å²) in [5.41, 5.74) is 0.436. The molecule has 3 rings (SSSR count). The molecule has 1 aliphatic rings. The van der Waals surface area contributed by atoms with Crippen molar-refractivity contribution in [3.63, 3.8) is 0 Å². The summed E-state index contributed by atoms with van der Waals surface area (Å²) in [5.74, 6) is -0.721. The van der Waals surface area contributed by atoms with Crippen LogP contribution in [0.3, 0.4) is 0 Å². The number of amides is 2. The number of carbonyl (C=O) groups is 2. The molecular formula is C22H25F3N4O3. The lowest BCUT2D eigenvalue weighted by atomic mass is 10.1. The van der Waals surface area contributed by atoms with Gasteiger partial charge in [0.2, 0.25) is 5.91 Å². The van der Waals surface area contributed by atoms with E-state index in [9.17, 15) is 22.8 Å².